The number of methoxy groups -OCH3 is 1. The fraction of sp³-hybridized carbons (Fsp3) is 0.167. The molecule has 0 fully saturated rings. The van der Waals surface area contributed by atoms with Crippen LogP contribution in [-0.4, -0.2) is 29.6 Å². The van der Waals surface area contributed by atoms with Gasteiger partial charge in [-0.1, -0.05) is 0 Å². The van der Waals surface area contributed by atoms with Crippen molar-refractivity contribution in [1.29, 1.82) is 0 Å². The molecule has 1 aromatic carbocycles. The van der Waals surface area contributed by atoms with Gasteiger partial charge in [-0.25, -0.2) is 4.79 Å². The van der Waals surface area contributed by atoms with E-state index >= 15 is 0 Å². The van der Waals surface area contributed by atoms with Crippen molar-refractivity contribution in [2.24, 2.45) is 0 Å². The van der Waals surface area contributed by atoms with E-state index in [2.05, 4.69) is 4.74 Å². The number of nitrogens with zero attached hydrogens (tertiary/aromatic N) is 1. The molecule has 0 aliphatic carbocycles. The van der Waals surface area contributed by atoms with Gasteiger partial charge in [-0.15, -0.1) is 11.6 Å². The zero-order chi connectivity index (χ0) is 13.1. The van der Waals surface area contributed by atoms with Gasteiger partial charge in [0.1, 0.15) is 11.6 Å². The molecule has 0 bridgehead atoms. The van der Waals surface area contributed by atoms with Gasteiger partial charge in [0.15, 0.2) is 0 Å². The molecule has 0 N–H and O–H groups in total. The average Bonchev–Trinajstić information content (AvgIpc) is 2.80. The first kappa shape index (κ1) is 12.4. The van der Waals surface area contributed by atoms with Gasteiger partial charge in [0.05, 0.1) is 12.6 Å². The number of benzene rings is 1. The third-order valence-corrected chi connectivity index (χ3v) is 2.59. The Morgan fingerprint density at radius 3 is 2.78 bits per heavy atom. The number of hydrogen-bond acceptors (Lipinski definition) is 4. The minimum Gasteiger partial charge on any atom is -0.452 e. The van der Waals surface area contributed by atoms with E-state index in [1.165, 1.54) is 11.7 Å². The fourth-order valence-corrected chi connectivity index (χ4v) is 1.64. The van der Waals surface area contributed by atoms with Crippen molar-refractivity contribution in [2.45, 2.75) is 0 Å². The van der Waals surface area contributed by atoms with Gasteiger partial charge < -0.3 is 9.47 Å². The topological polar surface area (TPSA) is 57.5 Å². The van der Waals surface area contributed by atoms with Crippen LogP contribution in [-0.2, 0) is 9.53 Å². The van der Waals surface area contributed by atoms with Gasteiger partial charge in [-0.05, 0) is 18.2 Å². The SMILES string of the molecule is COC(=O)n1ccc2ccc(OC(=O)CCl)cc21. The number of carbonyl (C=O) groups excluding carboxylic acids is 2. The Morgan fingerprint density at radius 1 is 1.33 bits per heavy atom. The lowest BCUT2D eigenvalue weighted by Crippen LogP contribution is -2.11. The highest BCUT2D eigenvalue weighted by Gasteiger charge is 2.10. The Labute approximate surface area is 108 Å². The zero-order valence-electron chi connectivity index (χ0n) is 9.55. The highest BCUT2D eigenvalue weighted by atomic mass is 35.5. The lowest BCUT2D eigenvalue weighted by molar-refractivity contribution is -0.131. The minimum atomic E-state index is -0.549. The van der Waals surface area contributed by atoms with E-state index in [0.717, 1.165) is 5.39 Å². The molecule has 94 valence electrons. The molecule has 2 aromatic rings. The van der Waals surface area contributed by atoms with E-state index in [0.29, 0.717) is 11.3 Å². The summed E-state index contributed by atoms with van der Waals surface area (Å²) in [4.78, 5) is 22.6. The van der Waals surface area contributed by atoms with Crippen LogP contribution in [0, 0.1) is 0 Å². The Hall–Kier alpha value is -2.01. The summed E-state index contributed by atoms with van der Waals surface area (Å²) in [5.41, 5.74) is 0.599. The first-order valence-electron chi connectivity index (χ1n) is 5.12. The van der Waals surface area contributed by atoms with Crippen LogP contribution >= 0.6 is 11.6 Å². The number of esters is 1. The quantitative estimate of drug-likeness (QED) is 0.476. The molecule has 0 atom stereocenters. The molecule has 0 aliphatic heterocycles. The van der Waals surface area contributed by atoms with Crippen molar-refractivity contribution in [3.8, 4) is 5.75 Å². The van der Waals surface area contributed by atoms with Gasteiger partial charge in [-0.3, -0.25) is 9.36 Å². The summed E-state index contributed by atoms with van der Waals surface area (Å²) in [5, 5.41) is 0.839. The molecular weight excluding hydrogens is 258 g/mol. The van der Waals surface area contributed by atoms with E-state index in [4.69, 9.17) is 16.3 Å². The summed E-state index contributed by atoms with van der Waals surface area (Å²) >= 11 is 5.35. The number of fused-ring (bicyclic) bond motifs is 1. The molecule has 0 unspecified atom stereocenters. The molecule has 18 heavy (non-hydrogen) atoms. The van der Waals surface area contributed by atoms with Crippen molar-refractivity contribution in [2.75, 3.05) is 13.0 Å². The molecule has 0 spiro atoms. The Morgan fingerprint density at radius 2 is 2.11 bits per heavy atom. The second-order valence-electron chi connectivity index (χ2n) is 3.48. The molecule has 0 amide bonds. The minimum absolute atomic E-state index is 0.226. The lowest BCUT2D eigenvalue weighted by atomic mass is 10.2. The summed E-state index contributed by atoms with van der Waals surface area (Å²) in [6, 6.07) is 6.72. The highest BCUT2D eigenvalue weighted by molar-refractivity contribution is 6.26. The van der Waals surface area contributed by atoms with Gasteiger partial charge >= 0.3 is 12.1 Å². The predicted molar refractivity (Wildman–Crippen MR) is 66.1 cm³/mol. The Balaban J connectivity index is 2.42. The molecule has 0 aliphatic rings. The smallest absolute Gasteiger partial charge is 0.418 e. The largest absolute Gasteiger partial charge is 0.452 e. The molecule has 0 radical (unpaired) electrons. The summed E-state index contributed by atoms with van der Waals surface area (Å²) in [5.74, 6) is -0.444. The number of aromatic nitrogens is 1. The third-order valence-electron chi connectivity index (χ3n) is 2.38. The van der Waals surface area contributed by atoms with E-state index < -0.39 is 12.1 Å². The number of halogens is 1. The number of ether oxygens (including phenoxy) is 2. The van der Waals surface area contributed by atoms with Crippen molar-refractivity contribution < 1.29 is 19.1 Å². The van der Waals surface area contributed by atoms with E-state index in [-0.39, 0.29) is 5.88 Å². The van der Waals surface area contributed by atoms with Crippen LogP contribution in [0.5, 0.6) is 5.75 Å². The van der Waals surface area contributed by atoms with Crippen molar-refractivity contribution in [1.82, 2.24) is 4.57 Å². The maximum atomic E-state index is 11.5. The first-order chi connectivity index (χ1) is 8.65. The second-order valence-corrected chi connectivity index (χ2v) is 3.75. The number of rotatable bonds is 2. The number of hydrogen-bond donors (Lipinski definition) is 0. The Kier molecular flexibility index (Phi) is 3.53. The normalized spacial score (nSPS) is 10.3. The lowest BCUT2D eigenvalue weighted by Gasteiger charge is -2.05. The molecule has 1 heterocycles. The van der Waals surface area contributed by atoms with Crippen LogP contribution in [0.3, 0.4) is 0 Å². The van der Waals surface area contributed by atoms with Crippen LogP contribution < -0.4 is 4.74 Å². The molecule has 2 rings (SSSR count). The van der Waals surface area contributed by atoms with Crippen LogP contribution in [0.25, 0.3) is 10.9 Å². The maximum absolute atomic E-state index is 11.5. The van der Waals surface area contributed by atoms with Crippen molar-refractivity contribution in [3.63, 3.8) is 0 Å². The van der Waals surface area contributed by atoms with E-state index in [1.807, 2.05) is 0 Å². The predicted octanol–water partition coefficient (Wildman–Crippen LogP) is 2.40. The van der Waals surface area contributed by atoms with Crippen LogP contribution in [0.1, 0.15) is 0 Å². The van der Waals surface area contributed by atoms with E-state index in [1.54, 1.807) is 30.5 Å². The molecule has 1 aromatic heterocycles. The molecular formula is C12H10ClNO4. The number of carbonyl (C=O) groups is 2. The van der Waals surface area contributed by atoms with Gasteiger partial charge in [-0.2, -0.15) is 0 Å². The Bertz CT molecular complexity index is 605. The highest BCUT2D eigenvalue weighted by Crippen LogP contribution is 2.22. The van der Waals surface area contributed by atoms with Crippen LogP contribution in [0.2, 0.25) is 0 Å². The zero-order valence-corrected chi connectivity index (χ0v) is 10.3. The summed E-state index contributed by atoms with van der Waals surface area (Å²) in [6.07, 6.45) is 1.08. The molecule has 6 heteroatoms. The fourth-order valence-electron chi connectivity index (χ4n) is 1.59. The summed E-state index contributed by atoms with van der Waals surface area (Å²) < 4.78 is 10.9. The van der Waals surface area contributed by atoms with E-state index in [9.17, 15) is 9.59 Å². The average molecular weight is 268 g/mol. The van der Waals surface area contributed by atoms with Crippen LogP contribution in [0.15, 0.2) is 30.5 Å². The monoisotopic (exact) mass is 267 g/mol. The van der Waals surface area contributed by atoms with Crippen molar-refractivity contribution >= 4 is 34.6 Å². The van der Waals surface area contributed by atoms with Crippen LogP contribution in [0.4, 0.5) is 4.79 Å². The number of alkyl halides is 1. The maximum Gasteiger partial charge on any atom is 0.418 e. The van der Waals surface area contributed by atoms with Gasteiger partial charge in [0, 0.05) is 17.6 Å². The molecule has 0 saturated heterocycles. The van der Waals surface area contributed by atoms with Gasteiger partial charge in [0.25, 0.3) is 0 Å². The summed E-state index contributed by atoms with van der Waals surface area (Å²) in [6.45, 7) is 0. The first-order valence-corrected chi connectivity index (χ1v) is 5.65. The van der Waals surface area contributed by atoms with Crippen molar-refractivity contribution in [3.05, 3.63) is 30.5 Å². The summed E-state index contributed by atoms with van der Waals surface area (Å²) in [7, 11) is 1.30. The molecule has 5 nitrogen and oxygen atoms in total. The second kappa shape index (κ2) is 5.10. The third kappa shape index (κ3) is 2.31. The van der Waals surface area contributed by atoms with Gasteiger partial charge in [0.2, 0.25) is 0 Å². The standard InChI is InChI=1S/C12H10ClNO4/c1-17-12(16)14-5-4-8-2-3-9(6-10(8)14)18-11(15)7-13/h2-6H,7H2,1H3. The molecule has 0 saturated carbocycles.